The maximum Gasteiger partial charge on any atom is 0.511 e. The summed E-state index contributed by atoms with van der Waals surface area (Å²) in [5.41, 5.74) is -5.20. The molecule has 15 heavy (non-hydrogen) atoms. The van der Waals surface area contributed by atoms with Gasteiger partial charge in [0.1, 0.15) is 0 Å². The number of alkyl halides is 3. The van der Waals surface area contributed by atoms with Crippen LogP contribution in [0.4, 0.5) is 13.2 Å². The lowest BCUT2D eigenvalue weighted by Gasteiger charge is -2.18. The van der Waals surface area contributed by atoms with Crippen molar-refractivity contribution in [3.63, 3.8) is 0 Å². The van der Waals surface area contributed by atoms with Crippen molar-refractivity contribution in [2.24, 2.45) is 0 Å². The minimum absolute atomic E-state index is 0.485. The zero-order valence-corrected chi connectivity index (χ0v) is 10.3. The minimum atomic E-state index is -5.20. The molecule has 0 bridgehead atoms. The molecule has 0 saturated heterocycles. The number of sulfonamides is 1. The highest BCUT2D eigenvalue weighted by Crippen LogP contribution is 2.36. The molecule has 0 heterocycles. The van der Waals surface area contributed by atoms with E-state index < -0.39 is 23.6 Å². The molecule has 8 heteroatoms. The first-order valence-electron chi connectivity index (χ1n) is 4.58. The molecule has 0 saturated carbocycles. The molecule has 0 atom stereocenters. The molecular weight excluding hydrogens is 250 g/mol. The highest BCUT2D eigenvalue weighted by Gasteiger charge is 2.46. The Bertz CT molecular complexity index is 272. The quantitative estimate of drug-likeness (QED) is 0.750. The SMILES string of the molecule is CCCP(CCC)NS(=O)(=O)C(F)(F)F. The fourth-order valence-electron chi connectivity index (χ4n) is 0.965. The fourth-order valence-corrected chi connectivity index (χ4v) is 4.77. The van der Waals surface area contributed by atoms with E-state index in [2.05, 4.69) is 0 Å². The van der Waals surface area contributed by atoms with Crippen LogP contribution in [-0.2, 0) is 10.0 Å². The topological polar surface area (TPSA) is 46.2 Å². The van der Waals surface area contributed by atoms with Crippen LogP contribution in [0.5, 0.6) is 0 Å². The first kappa shape index (κ1) is 15.1. The van der Waals surface area contributed by atoms with Crippen molar-refractivity contribution in [1.82, 2.24) is 4.49 Å². The van der Waals surface area contributed by atoms with Crippen molar-refractivity contribution in [3.8, 4) is 0 Å². The molecule has 0 aliphatic carbocycles. The molecule has 92 valence electrons. The van der Waals surface area contributed by atoms with Gasteiger partial charge in [-0.15, -0.1) is 0 Å². The van der Waals surface area contributed by atoms with Gasteiger partial charge in [-0.3, -0.25) is 0 Å². The van der Waals surface area contributed by atoms with Gasteiger partial charge >= 0.3 is 15.5 Å². The summed E-state index contributed by atoms with van der Waals surface area (Å²) < 4.78 is 59.4. The Balaban J connectivity index is 4.53. The molecule has 0 aromatic rings. The number of nitrogens with one attached hydrogen (secondary N) is 1. The van der Waals surface area contributed by atoms with Crippen molar-refractivity contribution >= 4 is 18.1 Å². The third-order valence-corrected chi connectivity index (χ3v) is 6.12. The molecule has 0 aliphatic heterocycles. The van der Waals surface area contributed by atoms with Crippen LogP contribution in [0.2, 0.25) is 0 Å². The van der Waals surface area contributed by atoms with Crippen LogP contribution >= 0.6 is 8.07 Å². The van der Waals surface area contributed by atoms with Crippen LogP contribution in [-0.4, -0.2) is 26.2 Å². The Hall–Kier alpha value is 0.130. The average Bonchev–Trinajstić information content (AvgIpc) is 2.02. The highest BCUT2D eigenvalue weighted by molar-refractivity contribution is 7.95. The van der Waals surface area contributed by atoms with E-state index >= 15 is 0 Å². The predicted octanol–water partition coefficient (Wildman–Crippen LogP) is 2.64. The lowest BCUT2D eigenvalue weighted by Crippen LogP contribution is -2.34. The maximum atomic E-state index is 12.0. The summed E-state index contributed by atoms with van der Waals surface area (Å²) >= 11 is 0. The predicted molar refractivity (Wildman–Crippen MR) is 55.3 cm³/mol. The Morgan fingerprint density at radius 2 is 1.53 bits per heavy atom. The molecule has 0 spiro atoms. The van der Waals surface area contributed by atoms with Crippen molar-refractivity contribution in [2.75, 3.05) is 12.3 Å². The second kappa shape index (κ2) is 6.01. The van der Waals surface area contributed by atoms with Crippen LogP contribution < -0.4 is 4.49 Å². The van der Waals surface area contributed by atoms with Gasteiger partial charge in [-0.1, -0.05) is 26.7 Å². The van der Waals surface area contributed by atoms with Crippen LogP contribution in [0.25, 0.3) is 0 Å². The largest absolute Gasteiger partial charge is 0.511 e. The summed E-state index contributed by atoms with van der Waals surface area (Å²) in [6, 6.07) is 0. The molecule has 0 aromatic heterocycles. The smallest absolute Gasteiger partial charge is 0.203 e. The van der Waals surface area contributed by atoms with Gasteiger partial charge in [-0.05, 0) is 20.4 Å². The van der Waals surface area contributed by atoms with E-state index in [1.165, 1.54) is 0 Å². The van der Waals surface area contributed by atoms with Crippen molar-refractivity contribution in [1.29, 1.82) is 0 Å². The first-order valence-corrected chi connectivity index (χ1v) is 7.77. The molecule has 0 fully saturated rings. The summed E-state index contributed by atoms with van der Waals surface area (Å²) in [7, 11) is -6.43. The second-order valence-corrected chi connectivity index (χ2v) is 7.20. The Morgan fingerprint density at radius 3 is 1.80 bits per heavy atom. The number of rotatable bonds is 6. The Kier molecular flexibility index (Phi) is 6.06. The molecule has 0 aliphatic rings. The third-order valence-electron chi connectivity index (χ3n) is 1.54. The van der Waals surface area contributed by atoms with Gasteiger partial charge in [0.05, 0.1) is 0 Å². The molecule has 0 rings (SSSR count). The van der Waals surface area contributed by atoms with Crippen molar-refractivity contribution < 1.29 is 21.6 Å². The van der Waals surface area contributed by atoms with Gasteiger partial charge < -0.3 is 0 Å². The Labute approximate surface area is 89.3 Å². The van der Waals surface area contributed by atoms with Gasteiger partial charge in [-0.25, -0.2) is 8.42 Å². The summed E-state index contributed by atoms with van der Waals surface area (Å²) in [5, 5.41) is 0. The van der Waals surface area contributed by atoms with E-state index in [0.717, 1.165) is 0 Å². The van der Waals surface area contributed by atoms with Crippen LogP contribution in [0.15, 0.2) is 0 Å². The van der Waals surface area contributed by atoms with E-state index in [-0.39, 0.29) is 0 Å². The minimum Gasteiger partial charge on any atom is -0.203 e. The van der Waals surface area contributed by atoms with Crippen LogP contribution in [0.3, 0.4) is 0 Å². The normalized spacial score (nSPS) is 13.5. The Morgan fingerprint density at radius 1 is 1.13 bits per heavy atom. The highest BCUT2D eigenvalue weighted by atomic mass is 32.2. The molecular formula is C7H15F3NO2PS. The third kappa shape index (κ3) is 5.13. The van der Waals surface area contributed by atoms with Gasteiger partial charge in [0, 0.05) is 0 Å². The monoisotopic (exact) mass is 265 g/mol. The fraction of sp³-hybridized carbons (Fsp3) is 1.00. The van der Waals surface area contributed by atoms with Crippen molar-refractivity contribution in [3.05, 3.63) is 0 Å². The number of hydrogen-bond acceptors (Lipinski definition) is 2. The molecule has 0 aromatic carbocycles. The zero-order valence-electron chi connectivity index (χ0n) is 8.63. The average molecular weight is 265 g/mol. The van der Waals surface area contributed by atoms with Crippen molar-refractivity contribution in [2.45, 2.75) is 32.2 Å². The molecule has 3 nitrogen and oxygen atoms in total. The lowest BCUT2D eigenvalue weighted by atomic mass is 10.6. The number of halogens is 3. The van der Waals surface area contributed by atoms with Gasteiger partial charge in [0.25, 0.3) is 0 Å². The van der Waals surface area contributed by atoms with E-state index in [1.807, 2.05) is 13.8 Å². The summed E-state index contributed by atoms with van der Waals surface area (Å²) in [6.07, 6.45) is 2.31. The van der Waals surface area contributed by atoms with E-state index in [1.54, 1.807) is 4.49 Å². The first-order chi connectivity index (χ1) is 6.74. The molecule has 0 radical (unpaired) electrons. The van der Waals surface area contributed by atoms with Gasteiger partial charge in [0.2, 0.25) is 0 Å². The van der Waals surface area contributed by atoms with Crippen LogP contribution in [0.1, 0.15) is 26.7 Å². The summed E-state index contributed by atoms with van der Waals surface area (Å²) in [4.78, 5) is 0. The van der Waals surface area contributed by atoms with E-state index in [9.17, 15) is 21.6 Å². The van der Waals surface area contributed by atoms with Gasteiger partial charge in [0.15, 0.2) is 0 Å². The maximum absolute atomic E-state index is 12.0. The van der Waals surface area contributed by atoms with E-state index in [0.29, 0.717) is 25.2 Å². The molecule has 1 N–H and O–H groups in total. The molecule has 0 unspecified atom stereocenters. The zero-order chi connectivity index (χ0) is 12.1. The second-order valence-electron chi connectivity index (χ2n) is 3.03. The van der Waals surface area contributed by atoms with E-state index in [4.69, 9.17) is 0 Å². The summed E-state index contributed by atoms with van der Waals surface area (Å²) in [5.74, 6) is 0. The molecule has 0 amide bonds. The number of hydrogen-bond donors (Lipinski definition) is 1. The standard InChI is InChI=1S/C7H15F3NO2PS/c1-3-5-14(6-4-2)11-15(12,13)7(8,9)10/h11H,3-6H2,1-2H3. The lowest BCUT2D eigenvalue weighted by molar-refractivity contribution is -0.0441. The summed E-state index contributed by atoms with van der Waals surface area (Å²) in [6.45, 7) is 3.62. The van der Waals surface area contributed by atoms with Crippen LogP contribution in [0, 0.1) is 0 Å². The van der Waals surface area contributed by atoms with Gasteiger partial charge in [-0.2, -0.15) is 17.7 Å².